The molecule has 3 N–H and O–H groups in total. The molecular formula is C10H23N3. The minimum absolute atomic E-state index is 0.673. The van der Waals surface area contributed by atoms with Crippen molar-refractivity contribution in [3.05, 3.63) is 0 Å². The molecule has 1 aliphatic heterocycles. The summed E-state index contributed by atoms with van der Waals surface area (Å²) in [6.45, 7) is 6.76. The Kier molecular flexibility index (Phi) is 4.70. The van der Waals surface area contributed by atoms with E-state index in [2.05, 4.69) is 24.2 Å². The average molecular weight is 185 g/mol. The summed E-state index contributed by atoms with van der Waals surface area (Å²) in [4.78, 5) is 2.52. The Bertz CT molecular complexity index is 136. The molecule has 1 fully saturated rings. The molecule has 3 heteroatoms. The quantitative estimate of drug-likeness (QED) is 0.660. The number of nitrogens with two attached hydrogens (primary N) is 1. The van der Waals surface area contributed by atoms with Gasteiger partial charge in [-0.05, 0) is 45.4 Å². The number of hydrogen-bond acceptors (Lipinski definition) is 3. The lowest BCUT2D eigenvalue weighted by Gasteiger charge is -2.36. The van der Waals surface area contributed by atoms with Gasteiger partial charge in [-0.25, -0.2) is 0 Å². The molecule has 0 bridgehead atoms. The van der Waals surface area contributed by atoms with Gasteiger partial charge >= 0.3 is 0 Å². The molecule has 1 heterocycles. The first-order chi connectivity index (χ1) is 6.27. The van der Waals surface area contributed by atoms with E-state index in [0.29, 0.717) is 6.04 Å². The highest BCUT2D eigenvalue weighted by atomic mass is 15.2. The molecule has 78 valence electrons. The van der Waals surface area contributed by atoms with Crippen LogP contribution in [0.5, 0.6) is 0 Å². The molecule has 0 aromatic carbocycles. The van der Waals surface area contributed by atoms with Crippen LogP contribution in [0, 0.1) is 5.92 Å². The zero-order chi connectivity index (χ0) is 9.68. The molecule has 0 spiro atoms. The van der Waals surface area contributed by atoms with Gasteiger partial charge in [-0.3, -0.25) is 0 Å². The second-order valence-electron chi connectivity index (χ2n) is 4.10. The summed E-state index contributed by atoms with van der Waals surface area (Å²) < 4.78 is 0. The SMILES string of the molecule is CNC1CN(CCCN)CCC1C. The third kappa shape index (κ3) is 3.25. The van der Waals surface area contributed by atoms with E-state index in [1.54, 1.807) is 0 Å². The van der Waals surface area contributed by atoms with Crippen molar-refractivity contribution in [2.75, 3.05) is 33.2 Å². The zero-order valence-corrected chi connectivity index (χ0v) is 8.92. The van der Waals surface area contributed by atoms with Gasteiger partial charge in [0.25, 0.3) is 0 Å². The van der Waals surface area contributed by atoms with Crippen LogP contribution in [0.15, 0.2) is 0 Å². The highest BCUT2D eigenvalue weighted by Crippen LogP contribution is 2.16. The normalized spacial score (nSPS) is 30.7. The number of nitrogens with zero attached hydrogens (tertiary/aromatic N) is 1. The lowest BCUT2D eigenvalue weighted by molar-refractivity contribution is 0.153. The van der Waals surface area contributed by atoms with Crippen LogP contribution in [-0.2, 0) is 0 Å². The van der Waals surface area contributed by atoms with Gasteiger partial charge in [-0.15, -0.1) is 0 Å². The molecule has 3 nitrogen and oxygen atoms in total. The maximum Gasteiger partial charge on any atom is 0.0218 e. The van der Waals surface area contributed by atoms with Crippen molar-refractivity contribution in [2.45, 2.75) is 25.8 Å². The number of piperidine rings is 1. The molecule has 1 aliphatic rings. The van der Waals surface area contributed by atoms with Gasteiger partial charge in [0.15, 0.2) is 0 Å². The molecule has 0 saturated carbocycles. The van der Waals surface area contributed by atoms with Crippen LogP contribution in [0.1, 0.15) is 19.8 Å². The number of hydrogen-bond donors (Lipinski definition) is 2. The van der Waals surface area contributed by atoms with Gasteiger partial charge in [0.1, 0.15) is 0 Å². The summed E-state index contributed by atoms with van der Waals surface area (Å²) in [7, 11) is 2.06. The highest BCUT2D eigenvalue weighted by Gasteiger charge is 2.23. The molecule has 0 aromatic rings. The molecule has 0 aliphatic carbocycles. The predicted molar refractivity (Wildman–Crippen MR) is 56.7 cm³/mol. The fourth-order valence-electron chi connectivity index (χ4n) is 2.03. The number of nitrogens with one attached hydrogen (secondary N) is 1. The van der Waals surface area contributed by atoms with E-state index in [9.17, 15) is 0 Å². The lowest BCUT2D eigenvalue weighted by atomic mass is 9.93. The molecule has 0 amide bonds. The standard InChI is InChI=1S/C10H23N3/c1-9-4-7-13(6-3-5-11)8-10(9)12-2/h9-10,12H,3-8,11H2,1-2H3. The van der Waals surface area contributed by atoms with Gasteiger partial charge in [0, 0.05) is 12.6 Å². The van der Waals surface area contributed by atoms with Crippen molar-refractivity contribution in [2.24, 2.45) is 11.7 Å². The Morgan fingerprint density at radius 3 is 2.92 bits per heavy atom. The number of likely N-dealkylation sites (tertiary alicyclic amines) is 1. The van der Waals surface area contributed by atoms with Crippen LogP contribution >= 0.6 is 0 Å². The maximum absolute atomic E-state index is 5.50. The molecule has 0 radical (unpaired) electrons. The largest absolute Gasteiger partial charge is 0.330 e. The molecule has 1 rings (SSSR count). The van der Waals surface area contributed by atoms with Crippen molar-refractivity contribution >= 4 is 0 Å². The summed E-state index contributed by atoms with van der Waals surface area (Å²) in [6, 6.07) is 0.673. The first kappa shape index (κ1) is 11.0. The fourth-order valence-corrected chi connectivity index (χ4v) is 2.03. The lowest BCUT2D eigenvalue weighted by Crippen LogP contribution is -2.49. The van der Waals surface area contributed by atoms with E-state index in [-0.39, 0.29) is 0 Å². The van der Waals surface area contributed by atoms with Gasteiger partial charge < -0.3 is 16.0 Å². The fraction of sp³-hybridized carbons (Fsp3) is 1.00. The minimum Gasteiger partial charge on any atom is -0.330 e. The Labute approximate surface area is 81.7 Å². The van der Waals surface area contributed by atoms with E-state index in [1.807, 2.05) is 0 Å². The topological polar surface area (TPSA) is 41.3 Å². The Balaban J connectivity index is 2.27. The Hall–Kier alpha value is -0.120. The van der Waals surface area contributed by atoms with Gasteiger partial charge in [0.05, 0.1) is 0 Å². The van der Waals surface area contributed by atoms with Crippen LogP contribution in [0.2, 0.25) is 0 Å². The maximum atomic E-state index is 5.50. The third-order valence-electron chi connectivity index (χ3n) is 3.09. The molecule has 0 aromatic heterocycles. The van der Waals surface area contributed by atoms with Crippen molar-refractivity contribution < 1.29 is 0 Å². The van der Waals surface area contributed by atoms with Crippen LogP contribution in [0.3, 0.4) is 0 Å². The second kappa shape index (κ2) is 5.58. The van der Waals surface area contributed by atoms with Crippen molar-refractivity contribution in [1.82, 2.24) is 10.2 Å². The van der Waals surface area contributed by atoms with Gasteiger partial charge in [0.2, 0.25) is 0 Å². The van der Waals surface area contributed by atoms with Gasteiger partial charge in [-0.2, -0.15) is 0 Å². The van der Waals surface area contributed by atoms with Crippen molar-refractivity contribution in [3.8, 4) is 0 Å². The summed E-state index contributed by atoms with van der Waals surface area (Å²) >= 11 is 0. The summed E-state index contributed by atoms with van der Waals surface area (Å²) in [5.41, 5.74) is 5.50. The van der Waals surface area contributed by atoms with Crippen LogP contribution in [0.25, 0.3) is 0 Å². The molecular weight excluding hydrogens is 162 g/mol. The summed E-state index contributed by atoms with van der Waals surface area (Å²) in [5, 5.41) is 3.39. The zero-order valence-electron chi connectivity index (χ0n) is 8.92. The van der Waals surface area contributed by atoms with E-state index in [4.69, 9.17) is 5.73 Å². The predicted octanol–water partition coefficient (Wildman–Crippen LogP) is 0.265. The van der Waals surface area contributed by atoms with Crippen LogP contribution < -0.4 is 11.1 Å². The first-order valence-electron chi connectivity index (χ1n) is 5.37. The smallest absolute Gasteiger partial charge is 0.0218 e. The first-order valence-corrected chi connectivity index (χ1v) is 5.37. The molecule has 13 heavy (non-hydrogen) atoms. The second-order valence-corrected chi connectivity index (χ2v) is 4.10. The highest BCUT2D eigenvalue weighted by molar-refractivity contribution is 4.81. The number of likely N-dealkylation sites (N-methyl/N-ethyl adjacent to an activating group) is 1. The van der Waals surface area contributed by atoms with Crippen molar-refractivity contribution in [3.63, 3.8) is 0 Å². The third-order valence-corrected chi connectivity index (χ3v) is 3.09. The Morgan fingerprint density at radius 2 is 2.31 bits per heavy atom. The van der Waals surface area contributed by atoms with Gasteiger partial charge in [-0.1, -0.05) is 6.92 Å². The van der Waals surface area contributed by atoms with Crippen molar-refractivity contribution in [1.29, 1.82) is 0 Å². The molecule has 1 saturated heterocycles. The summed E-state index contributed by atoms with van der Waals surface area (Å²) in [6.07, 6.45) is 2.45. The van der Waals surface area contributed by atoms with E-state index >= 15 is 0 Å². The van der Waals surface area contributed by atoms with E-state index in [1.165, 1.54) is 26.1 Å². The molecule has 2 unspecified atom stereocenters. The average Bonchev–Trinajstić information content (AvgIpc) is 2.16. The Morgan fingerprint density at radius 1 is 1.54 bits per heavy atom. The van der Waals surface area contributed by atoms with Crippen LogP contribution in [0.4, 0.5) is 0 Å². The minimum atomic E-state index is 0.673. The molecule has 2 atom stereocenters. The number of rotatable bonds is 4. The summed E-state index contributed by atoms with van der Waals surface area (Å²) in [5.74, 6) is 0.819. The van der Waals surface area contributed by atoms with E-state index < -0.39 is 0 Å². The van der Waals surface area contributed by atoms with E-state index in [0.717, 1.165) is 18.9 Å². The van der Waals surface area contributed by atoms with Crippen LogP contribution in [-0.4, -0.2) is 44.2 Å². The monoisotopic (exact) mass is 185 g/mol.